The second-order valence-corrected chi connectivity index (χ2v) is 6.91. The van der Waals surface area contributed by atoms with Gasteiger partial charge in [-0.3, -0.25) is 9.48 Å². The fourth-order valence-corrected chi connectivity index (χ4v) is 2.68. The third-order valence-electron chi connectivity index (χ3n) is 4.08. The van der Waals surface area contributed by atoms with Crippen LogP contribution in [0.3, 0.4) is 0 Å². The summed E-state index contributed by atoms with van der Waals surface area (Å²) in [5.74, 6) is 0.734. The Hall–Kier alpha value is -2.08. The standard InChI is InChI=1S/C17H23N3O3/c1-17(2,3)15-10-12(19(4)18-15)16(21)20-7-9-23-14(11-20)13-6-5-8-22-13/h5-6,8,10,14H,7,9,11H2,1-4H3/t14-/m1/s1. The number of carbonyl (C=O) groups excluding carboxylic acids is 1. The van der Waals surface area contributed by atoms with E-state index in [-0.39, 0.29) is 17.4 Å². The van der Waals surface area contributed by atoms with Crippen LogP contribution in [0.4, 0.5) is 0 Å². The molecule has 1 fully saturated rings. The number of ether oxygens (including phenoxy) is 1. The lowest BCUT2D eigenvalue weighted by molar-refractivity contribution is -0.0324. The van der Waals surface area contributed by atoms with Crippen LogP contribution in [-0.2, 0) is 17.2 Å². The van der Waals surface area contributed by atoms with Gasteiger partial charge in [0.15, 0.2) is 0 Å². The molecule has 1 saturated heterocycles. The minimum Gasteiger partial charge on any atom is -0.467 e. The van der Waals surface area contributed by atoms with Crippen molar-refractivity contribution in [3.05, 3.63) is 41.6 Å². The van der Waals surface area contributed by atoms with E-state index in [1.807, 2.05) is 25.2 Å². The van der Waals surface area contributed by atoms with Crippen molar-refractivity contribution < 1.29 is 13.9 Å². The highest BCUT2D eigenvalue weighted by atomic mass is 16.5. The first-order valence-corrected chi connectivity index (χ1v) is 7.85. The molecule has 6 nitrogen and oxygen atoms in total. The van der Waals surface area contributed by atoms with Crippen LogP contribution in [0.5, 0.6) is 0 Å². The van der Waals surface area contributed by atoms with Gasteiger partial charge in [-0.15, -0.1) is 0 Å². The van der Waals surface area contributed by atoms with Gasteiger partial charge in [-0.1, -0.05) is 20.8 Å². The van der Waals surface area contributed by atoms with Crippen LogP contribution in [-0.4, -0.2) is 40.3 Å². The highest BCUT2D eigenvalue weighted by molar-refractivity contribution is 5.92. The summed E-state index contributed by atoms with van der Waals surface area (Å²) < 4.78 is 12.8. The van der Waals surface area contributed by atoms with Crippen LogP contribution in [0, 0.1) is 0 Å². The molecule has 2 aromatic rings. The number of nitrogens with zero attached hydrogens (tertiary/aromatic N) is 3. The number of amides is 1. The van der Waals surface area contributed by atoms with Crippen molar-refractivity contribution in [1.82, 2.24) is 14.7 Å². The Balaban J connectivity index is 1.79. The molecule has 0 unspecified atom stereocenters. The van der Waals surface area contributed by atoms with Gasteiger partial charge in [0.1, 0.15) is 17.6 Å². The minimum absolute atomic E-state index is 0.0182. The Morgan fingerprint density at radius 2 is 2.17 bits per heavy atom. The first kappa shape index (κ1) is 15.8. The minimum atomic E-state index is -0.210. The Bertz CT molecular complexity index is 683. The number of furan rings is 1. The van der Waals surface area contributed by atoms with E-state index in [0.29, 0.717) is 25.4 Å². The molecule has 124 valence electrons. The van der Waals surface area contributed by atoms with Crippen LogP contribution in [0.25, 0.3) is 0 Å². The van der Waals surface area contributed by atoms with Crippen LogP contribution in [0.15, 0.2) is 28.9 Å². The Kier molecular flexibility index (Phi) is 4.02. The molecule has 1 atom stereocenters. The van der Waals surface area contributed by atoms with Crippen molar-refractivity contribution in [3.8, 4) is 0 Å². The zero-order valence-corrected chi connectivity index (χ0v) is 14.1. The summed E-state index contributed by atoms with van der Waals surface area (Å²) in [5, 5.41) is 4.49. The van der Waals surface area contributed by atoms with Gasteiger partial charge in [0.25, 0.3) is 5.91 Å². The van der Waals surface area contributed by atoms with Gasteiger partial charge in [-0.2, -0.15) is 5.10 Å². The second-order valence-electron chi connectivity index (χ2n) is 6.91. The van der Waals surface area contributed by atoms with Crippen molar-refractivity contribution in [2.75, 3.05) is 19.7 Å². The van der Waals surface area contributed by atoms with E-state index in [9.17, 15) is 4.79 Å². The fourth-order valence-electron chi connectivity index (χ4n) is 2.68. The highest BCUT2D eigenvalue weighted by Crippen LogP contribution is 2.25. The number of morpholine rings is 1. The lowest BCUT2D eigenvalue weighted by atomic mass is 9.92. The smallest absolute Gasteiger partial charge is 0.272 e. The predicted molar refractivity (Wildman–Crippen MR) is 85.2 cm³/mol. The first-order chi connectivity index (χ1) is 10.9. The number of aryl methyl sites for hydroxylation is 1. The van der Waals surface area contributed by atoms with Crippen LogP contribution < -0.4 is 0 Å². The van der Waals surface area contributed by atoms with Gasteiger partial charge in [-0.05, 0) is 18.2 Å². The zero-order valence-electron chi connectivity index (χ0n) is 14.1. The molecule has 1 amide bonds. The SMILES string of the molecule is Cn1nc(C(C)(C)C)cc1C(=O)N1CCO[C@@H](c2ccco2)C1. The quantitative estimate of drug-likeness (QED) is 0.854. The number of hydrogen-bond donors (Lipinski definition) is 0. The third-order valence-corrected chi connectivity index (χ3v) is 4.08. The molecule has 0 spiro atoms. The fraction of sp³-hybridized carbons (Fsp3) is 0.529. The largest absolute Gasteiger partial charge is 0.467 e. The normalized spacial score (nSPS) is 19.1. The molecule has 0 N–H and O–H groups in total. The predicted octanol–water partition coefficient (Wildman–Crippen LogP) is 2.52. The van der Waals surface area contributed by atoms with E-state index in [1.54, 1.807) is 15.8 Å². The lowest BCUT2D eigenvalue weighted by Crippen LogP contribution is -2.42. The molecule has 0 aromatic carbocycles. The molecule has 0 radical (unpaired) electrons. The molecular formula is C17H23N3O3. The van der Waals surface area contributed by atoms with Crippen molar-refractivity contribution in [2.24, 2.45) is 7.05 Å². The number of rotatable bonds is 2. The molecular weight excluding hydrogens is 294 g/mol. The van der Waals surface area contributed by atoms with Crippen molar-refractivity contribution >= 4 is 5.91 Å². The average Bonchev–Trinajstić information content (AvgIpc) is 3.15. The molecule has 3 rings (SSSR count). The van der Waals surface area contributed by atoms with Gasteiger partial charge < -0.3 is 14.1 Å². The van der Waals surface area contributed by atoms with Crippen molar-refractivity contribution in [3.63, 3.8) is 0 Å². The van der Waals surface area contributed by atoms with Gasteiger partial charge in [0, 0.05) is 19.0 Å². The maximum atomic E-state index is 12.9. The van der Waals surface area contributed by atoms with Crippen LogP contribution >= 0.6 is 0 Å². The number of carbonyl (C=O) groups is 1. The monoisotopic (exact) mass is 317 g/mol. The molecule has 0 bridgehead atoms. The molecule has 1 aliphatic rings. The molecule has 23 heavy (non-hydrogen) atoms. The molecule has 6 heteroatoms. The van der Waals surface area contributed by atoms with Crippen LogP contribution in [0.2, 0.25) is 0 Å². The number of aromatic nitrogens is 2. The van der Waals surface area contributed by atoms with E-state index in [0.717, 1.165) is 11.5 Å². The topological polar surface area (TPSA) is 60.5 Å². The Labute approximate surface area is 136 Å². The summed E-state index contributed by atoms with van der Waals surface area (Å²) in [4.78, 5) is 14.7. The van der Waals surface area contributed by atoms with E-state index in [4.69, 9.17) is 9.15 Å². The summed E-state index contributed by atoms with van der Waals surface area (Å²) in [7, 11) is 1.81. The summed E-state index contributed by atoms with van der Waals surface area (Å²) in [6.45, 7) is 7.83. The summed E-state index contributed by atoms with van der Waals surface area (Å²) in [5.41, 5.74) is 1.44. The molecule has 2 aromatic heterocycles. The van der Waals surface area contributed by atoms with E-state index < -0.39 is 0 Å². The van der Waals surface area contributed by atoms with Crippen molar-refractivity contribution in [1.29, 1.82) is 0 Å². The molecule has 0 aliphatic carbocycles. The number of hydrogen-bond acceptors (Lipinski definition) is 4. The summed E-state index contributed by atoms with van der Waals surface area (Å²) in [6.07, 6.45) is 1.41. The highest BCUT2D eigenvalue weighted by Gasteiger charge is 2.30. The van der Waals surface area contributed by atoms with Gasteiger partial charge >= 0.3 is 0 Å². The Morgan fingerprint density at radius 1 is 1.39 bits per heavy atom. The Morgan fingerprint density at radius 3 is 2.78 bits per heavy atom. The summed E-state index contributed by atoms with van der Waals surface area (Å²) >= 11 is 0. The maximum Gasteiger partial charge on any atom is 0.272 e. The van der Waals surface area contributed by atoms with Gasteiger partial charge in [0.05, 0.1) is 25.1 Å². The third kappa shape index (κ3) is 3.17. The second kappa shape index (κ2) is 5.85. The maximum absolute atomic E-state index is 12.9. The van der Waals surface area contributed by atoms with Crippen LogP contribution in [0.1, 0.15) is 48.8 Å². The van der Waals surface area contributed by atoms with Gasteiger partial charge in [-0.25, -0.2) is 0 Å². The molecule has 0 saturated carbocycles. The van der Waals surface area contributed by atoms with E-state index in [2.05, 4.69) is 25.9 Å². The van der Waals surface area contributed by atoms with Crippen molar-refractivity contribution in [2.45, 2.75) is 32.3 Å². The first-order valence-electron chi connectivity index (χ1n) is 7.85. The van der Waals surface area contributed by atoms with E-state index in [1.165, 1.54) is 0 Å². The van der Waals surface area contributed by atoms with E-state index >= 15 is 0 Å². The lowest BCUT2D eigenvalue weighted by Gasteiger charge is -2.31. The van der Waals surface area contributed by atoms with Gasteiger partial charge in [0.2, 0.25) is 0 Å². The average molecular weight is 317 g/mol. The molecule has 1 aliphatic heterocycles. The summed E-state index contributed by atoms with van der Waals surface area (Å²) in [6, 6.07) is 5.59. The zero-order chi connectivity index (χ0) is 16.6. The molecule has 3 heterocycles.